The summed E-state index contributed by atoms with van der Waals surface area (Å²) in [6.07, 6.45) is 4.56. The molecule has 23 heavy (non-hydrogen) atoms. The first-order valence-corrected chi connectivity index (χ1v) is 8.31. The van der Waals surface area contributed by atoms with Gasteiger partial charge in [-0.05, 0) is 24.3 Å². The average molecular weight is 334 g/mol. The molecule has 0 amide bonds. The summed E-state index contributed by atoms with van der Waals surface area (Å²) < 4.78 is 42.6. The van der Waals surface area contributed by atoms with E-state index in [0.29, 0.717) is 28.8 Å². The molecule has 2 aromatic heterocycles. The SMILES string of the molecule is CS(=O)(=O)Oc1cc(F)ccc1-c1ccc2ncc(C=O)n2c1. The van der Waals surface area contributed by atoms with Crippen molar-refractivity contribution in [1.82, 2.24) is 9.38 Å². The molecule has 0 saturated heterocycles. The lowest BCUT2D eigenvalue weighted by Crippen LogP contribution is -2.07. The Morgan fingerprint density at radius 1 is 1.26 bits per heavy atom. The molecule has 0 aliphatic heterocycles. The van der Waals surface area contributed by atoms with Crippen LogP contribution in [0.2, 0.25) is 0 Å². The highest BCUT2D eigenvalue weighted by molar-refractivity contribution is 7.86. The molecule has 3 aromatic rings. The molecule has 0 spiro atoms. The van der Waals surface area contributed by atoms with Gasteiger partial charge in [0.05, 0.1) is 12.5 Å². The number of hydrogen-bond donors (Lipinski definition) is 0. The minimum Gasteiger partial charge on any atom is -0.382 e. The maximum absolute atomic E-state index is 13.4. The van der Waals surface area contributed by atoms with Crippen molar-refractivity contribution in [2.75, 3.05) is 6.26 Å². The number of benzene rings is 1. The van der Waals surface area contributed by atoms with Crippen LogP contribution in [-0.4, -0.2) is 30.3 Å². The van der Waals surface area contributed by atoms with Gasteiger partial charge in [-0.15, -0.1) is 0 Å². The summed E-state index contributed by atoms with van der Waals surface area (Å²) in [4.78, 5) is 15.1. The van der Waals surface area contributed by atoms with E-state index < -0.39 is 15.9 Å². The topological polar surface area (TPSA) is 77.7 Å². The van der Waals surface area contributed by atoms with Gasteiger partial charge in [-0.1, -0.05) is 0 Å². The van der Waals surface area contributed by atoms with E-state index >= 15 is 0 Å². The second kappa shape index (κ2) is 5.47. The van der Waals surface area contributed by atoms with Gasteiger partial charge in [0.1, 0.15) is 17.2 Å². The Hall–Kier alpha value is -2.74. The summed E-state index contributed by atoms with van der Waals surface area (Å²) in [5.74, 6) is -0.746. The minimum absolute atomic E-state index is 0.125. The second-order valence-corrected chi connectivity index (χ2v) is 6.45. The molecular formula is C15H11FN2O4S. The molecule has 0 saturated carbocycles. The Balaban J connectivity index is 2.19. The van der Waals surface area contributed by atoms with Gasteiger partial charge in [0.15, 0.2) is 12.0 Å². The molecule has 0 aliphatic carbocycles. The third-order valence-corrected chi connectivity index (χ3v) is 3.63. The van der Waals surface area contributed by atoms with Gasteiger partial charge < -0.3 is 4.18 Å². The minimum atomic E-state index is -3.81. The van der Waals surface area contributed by atoms with Crippen LogP contribution in [0, 0.1) is 5.82 Å². The van der Waals surface area contributed by atoms with Crippen molar-refractivity contribution in [1.29, 1.82) is 0 Å². The molecule has 0 aliphatic rings. The van der Waals surface area contributed by atoms with E-state index in [4.69, 9.17) is 4.18 Å². The van der Waals surface area contributed by atoms with E-state index in [1.54, 1.807) is 22.7 Å². The Morgan fingerprint density at radius 3 is 2.74 bits per heavy atom. The van der Waals surface area contributed by atoms with Gasteiger partial charge in [-0.2, -0.15) is 8.42 Å². The number of carbonyl (C=O) groups excluding carboxylic acids is 1. The number of fused-ring (bicyclic) bond motifs is 1. The Bertz CT molecular complexity index is 1010. The van der Waals surface area contributed by atoms with Gasteiger partial charge >= 0.3 is 10.1 Å². The maximum Gasteiger partial charge on any atom is 0.306 e. The van der Waals surface area contributed by atoms with Crippen molar-refractivity contribution in [3.63, 3.8) is 0 Å². The Kier molecular flexibility index (Phi) is 3.61. The number of hydrogen-bond acceptors (Lipinski definition) is 5. The lowest BCUT2D eigenvalue weighted by Gasteiger charge is -2.10. The first kappa shape index (κ1) is 15.2. The van der Waals surface area contributed by atoms with Crippen LogP contribution in [-0.2, 0) is 10.1 Å². The van der Waals surface area contributed by atoms with Crippen molar-refractivity contribution in [3.05, 3.63) is 54.2 Å². The zero-order valence-electron chi connectivity index (χ0n) is 11.9. The van der Waals surface area contributed by atoms with Gasteiger partial charge in [0.25, 0.3) is 0 Å². The normalized spacial score (nSPS) is 11.6. The predicted octanol–water partition coefficient (Wildman–Crippen LogP) is 2.29. The highest BCUT2D eigenvalue weighted by Crippen LogP contribution is 2.32. The van der Waals surface area contributed by atoms with Gasteiger partial charge in [0.2, 0.25) is 0 Å². The fraction of sp³-hybridized carbons (Fsp3) is 0.0667. The van der Waals surface area contributed by atoms with E-state index in [2.05, 4.69) is 4.98 Å². The van der Waals surface area contributed by atoms with Crippen LogP contribution in [0.15, 0.2) is 42.7 Å². The van der Waals surface area contributed by atoms with Crippen molar-refractivity contribution in [3.8, 4) is 16.9 Å². The molecule has 0 bridgehead atoms. The summed E-state index contributed by atoms with van der Waals surface area (Å²) in [5.41, 5.74) is 1.83. The molecule has 0 N–H and O–H groups in total. The fourth-order valence-corrected chi connectivity index (χ4v) is 2.68. The molecule has 0 radical (unpaired) electrons. The zero-order valence-corrected chi connectivity index (χ0v) is 12.7. The van der Waals surface area contributed by atoms with Gasteiger partial charge in [-0.25, -0.2) is 9.37 Å². The molecule has 1 aromatic carbocycles. The number of carbonyl (C=O) groups is 1. The number of aromatic nitrogens is 2. The first-order chi connectivity index (χ1) is 10.9. The first-order valence-electron chi connectivity index (χ1n) is 6.49. The second-order valence-electron chi connectivity index (χ2n) is 4.87. The molecule has 8 heteroatoms. The summed E-state index contributed by atoms with van der Waals surface area (Å²) in [6, 6.07) is 6.95. The van der Waals surface area contributed by atoms with Crippen LogP contribution >= 0.6 is 0 Å². The molecule has 6 nitrogen and oxygen atoms in total. The summed E-state index contributed by atoms with van der Waals surface area (Å²) in [7, 11) is -3.81. The highest BCUT2D eigenvalue weighted by Gasteiger charge is 2.14. The van der Waals surface area contributed by atoms with Crippen LogP contribution in [0.3, 0.4) is 0 Å². The van der Waals surface area contributed by atoms with Gasteiger partial charge in [-0.3, -0.25) is 9.20 Å². The van der Waals surface area contributed by atoms with Crippen LogP contribution in [0.25, 0.3) is 16.8 Å². The largest absolute Gasteiger partial charge is 0.382 e. The van der Waals surface area contributed by atoms with Crippen molar-refractivity contribution in [2.45, 2.75) is 0 Å². The van der Waals surface area contributed by atoms with Crippen molar-refractivity contribution in [2.24, 2.45) is 0 Å². The number of aldehydes is 1. The third-order valence-electron chi connectivity index (χ3n) is 3.15. The van der Waals surface area contributed by atoms with Gasteiger partial charge in [0, 0.05) is 23.4 Å². The summed E-state index contributed by atoms with van der Waals surface area (Å²) in [6.45, 7) is 0. The van der Waals surface area contributed by atoms with Crippen LogP contribution in [0.1, 0.15) is 10.5 Å². The number of rotatable bonds is 4. The average Bonchev–Trinajstić information content (AvgIpc) is 2.87. The van der Waals surface area contributed by atoms with E-state index in [-0.39, 0.29) is 5.75 Å². The highest BCUT2D eigenvalue weighted by atomic mass is 32.2. The van der Waals surface area contributed by atoms with Crippen LogP contribution in [0.5, 0.6) is 5.75 Å². The fourth-order valence-electron chi connectivity index (χ4n) is 2.21. The standard InChI is InChI=1S/C15H11FN2O4S/c1-23(20,21)22-14-6-11(16)3-4-13(14)10-2-5-15-17-7-12(9-19)18(15)8-10/h2-9H,1H3. The lowest BCUT2D eigenvalue weighted by molar-refractivity contribution is 0.111. The molecule has 118 valence electrons. The smallest absolute Gasteiger partial charge is 0.306 e. The quantitative estimate of drug-likeness (QED) is 0.540. The van der Waals surface area contributed by atoms with E-state index in [0.717, 1.165) is 12.3 Å². The molecule has 0 unspecified atom stereocenters. The number of pyridine rings is 1. The Labute approximate surface area is 131 Å². The Morgan fingerprint density at radius 2 is 2.04 bits per heavy atom. The van der Waals surface area contributed by atoms with Crippen molar-refractivity contribution >= 4 is 22.1 Å². The monoisotopic (exact) mass is 334 g/mol. The third kappa shape index (κ3) is 3.07. The lowest BCUT2D eigenvalue weighted by atomic mass is 10.1. The summed E-state index contributed by atoms with van der Waals surface area (Å²) >= 11 is 0. The van der Waals surface area contributed by atoms with E-state index in [9.17, 15) is 17.6 Å². The number of halogens is 1. The van der Waals surface area contributed by atoms with Crippen molar-refractivity contribution < 1.29 is 21.8 Å². The zero-order chi connectivity index (χ0) is 16.6. The van der Waals surface area contributed by atoms with E-state index in [1.165, 1.54) is 18.3 Å². The van der Waals surface area contributed by atoms with Crippen LogP contribution in [0.4, 0.5) is 4.39 Å². The predicted molar refractivity (Wildman–Crippen MR) is 81.4 cm³/mol. The molecule has 0 atom stereocenters. The van der Waals surface area contributed by atoms with Crippen LogP contribution < -0.4 is 4.18 Å². The molecule has 2 heterocycles. The number of imidazole rings is 1. The molecule has 0 fully saturated rings. The molecular weight excluding hydrogens is 323 g/mol. The molecule has 3 rings (SSSR count). The number of nitrogens with zero attached hydrogens (tertiary/aromatic N) is 2. The van der Waals surface area contributed by atoms with E-state index in [1.807, 2.05) is 0 Å². The summed E-state index contributed by atoms with van der Waals surface area (Å²) in [5, 5.41) is 0. The maximum atomic E-state index is 13.4.